The summed E-state index contributed by atoms with van der Waals surface area (Å²) in [6.07, 6.45) is 0. The molecule has 0 radical (unpaired) electrons. The van der Waals surface area contributed by atoms with E-state index in [1.165, 1.54) is 0 Å². The third-order valence-corrected chi connectivity index (χ3v) is 3.06. The Morgan fingerprint density at radius 3 is 2.60 bits per heavy atom. The van der Waals surface area contributed by atoms with Gasteiger partial charge in [0.25, 0.3) is 0 Å². The topological polar surface area (TPSA) is 55.2 Å². The van der Waals surface area contributed by atoms with Crippen LogP contribution in [-0.4, -0.2) is 15.1 Å². The van der Waals surface area contributed by atoms with Crippen molar-refractivity contribution in [2.75, 3.05) is 0 Å². The van der Waals surface area contributed by atoms with Gasteiger partial charge in [-0.1, -0.05) is 30.3 Å². The van der Waals surface area contributed by atoms with Crippen LogP contribution in [0.3, 0.4) is 0 Å². The molecule has 3 aromatic rings. The highest BCUT2D eigenvalue weighted by atomic mass is 35.5. The SMILES string of the molecule is OCc1ccccc1Oc1nc(Cl)nc2ccccc12. The summed E-state index contributed by atoms with van der Waals surface area (Å²) in [5, 5.41) is 10.2. The van der Waals surface area contributed by atoms with E-state index in [0.29, 0.717) is 22.7 Å². The van der Waals surface area contributed by atoms with Crippen molar-refractivity contribution in [2.45, 2.75) is 6.61 Å². The van der Waals surface area contributed by atoms with Gasteiger partial charge in [0.1, 0.15) is 5.75 Å². The molecule has 1 N–H and O–H groups in total. The summed E-state index contributed by atoms with van der Waals surface area (Å²) in [7, 11) is 0. The predicted octanol–water partition coefficient (Wildman–Crippen LogP) is 3.57. The number of fused-ring (bicyclic) bond motifs is 1. The van der Waals surface area contributed by atoms with Crippen molar-refractivity contribution in [1.29, 1.82) is 0 Å². The van der Waals surface area contributed by atoms with Crippen LogP contribution in [0.4, 0.5) is 0 Å². The molecule has 1 heterocycles. The number of ether oxygens (including phenoxy) is 1. The van der Waals surface area contributed by atoms with Gasteiger partial charge in [-0.05, 0) is 29.8 Å². The van der Waals surface area contributed by atoms with Crippen LogP contribution in [0, 0.1) is 0 Å². The monoisotopic (exact) mass is 286 g/mol. The Kier molecular flexibility index (Phi) is 3.50. The van der Waals surface area contributed by atoms with E-state index in [1.807, 2.05) is 36.4 Å². The number of nitrogens with zero attached hydrogens (tertiary/aromatic N) is 2. The molecule has 5 heteroatoms. The maximum Gasteiger partial charge on any atom is 0.231 e. The molecule has 0 saturated carbocycles. The maximum absolute atomic E-state index is 9.33. The van der Waals surface area contributed by atoms with Gasteiger partial charge in [0.05, 0.1) is 17.5 Å². The van der Waals surface area contributed by atoms with E-state index in [-0.39, 0.29) is 11.9 Å². The molecule has 0 unspecified atom stereocenters. The second kappa shape index (κ2) is 5.45. The molecule has 1 aromatic heterocycles. The quantitative estimate of drug-likeness (QED) is 0.748. The molecule has 0 bridgehead atoms. The van der Waals surface area contributed by atoms with Crippen molar-refractivity contribution < 1.29 is 9.84 Å². The zero-order valence-corrected chi connectivity index (χ0v) is 11.2. The summed E-state index contributed by atoms with van der Waals surface area (Å²) in [5.41, 5.74) is 1.40. The van der Waals surface area contributed by atoms with Crippen LogP contribution >= 0.6 is 11.6 Å². The molecule has 4 nitrogen and oxygen atoms in total. The zero-order valence-electron chi connectivity index (χ0n) is 10.5. The molecule has 0 amide bonds. The summed E-state index contributed by atoms with van der Waals surface area (Å²) in [5.74, 6) is 0.927. The first-order valence-corrected chi connectivity index (χ1v) is 6.44. The fourth-order valence-electron chi connectivity index (χ4n) is 1.94. The van der Waals surface area contributed by atoms with Crippen molar-refractivity contribution in [2.24, 2.45) is 0 Å². The number of hydrogen-bond donors (Lipinski definition) is 1. The molecule has 0 atom stereocenters. The number of halogens is 1. The van der Waals surface area contributed by atoms with E-state index in [9.17, 15) is 5.11 Å². The Morgan fingerprint density at radius 1 is 1.00 bits per heavy atom. The Labute approximate surface area is 120 Å². The first-order valence-electron chi connectivity index (χ1n) is 6.07. The third kappa shape index (κ3) is 2.43. The second-order valence-corrected chi connectivity index (χ2v) is 4.52. The molecule has 3 rings (SSSR count). The van der Waals surface area contributed by atoms with Crippen molar-refractivity contribution in [3.05, 3.63) is 59.4 Å². The Bertz CT molecular complexity index is 762. The van der Waals surface area contributed by atoms with E-state index in [1.54, 1.807) is 12.1 Å². The van der Waals surface area contributed by atoms with E-state index in [2.05, 4.69) is 9.97 Å². The Hall–Kier alpha value is -2.17. The van der Waals surface area contributed by atoms with Gasteiger partial charge in [0.15, 0.2) is 0 Å². The van der Waals surface area contributed by atoms with Crippen LogP contribution in [0.15, 0.2) is 48.5 Å². The average molecular weight is 287 g/mol. The summed E-state index contributed by atoms with van der Waals surface area (Å²) in [6.45, 7) is -0.104. The van der Waals surface area contributed by atoms with Gasteiger partial charge in [-0.3, -0.25) is 0 Å². The number of rotatable bonds is 3. The number of hydrogen-bond acceptors (Lipinski definition) is 4. The Morgan fingerprint density at radius 2 is 1.75 bits per heavy atom. The van der Waals surface area contributed by atoms with E-state index >= 15 is 0 Å². The number of aliphatic hydroxyl groups is 1. The van der Waals surface area contributed by atoms with E-state index in [0.717, 1.165) is 5.39 Å². The molecule has 2 aromatic carbocycles. The lowest BCUT2D eigenvalue weighted by molar-refractivity contribution is 0.276. The van der Waals surface area contributed by atoms with Gasteiger partial charge < -0.3 is 9.84 Å². The minimum atomic E-state index is -0.104. The van der Waals surface area contributed by atoms with Crippen LogP contribution in [-0.2, 0) is 6.61 Å². The molecule has 0 aliphatic heterocycles. The zero-order chi connectivity index (χ0) is 13.9. The van der Waals surface area contributed by atoms with Crippen molar-refractivity contribution in [3.8, 4) is 11.6 Å². The van der Waals surface area contributed by atoms with Gasteiger partial charge in [-0.25, -0.2) is 4.98 Å². The highest BCUT2D eigenvalue weighted by Crippen LogP contribution is 2.30. The van der Waals surface area contributed by atoms with Crippen LogP contribution in [0.5, 0.6) is 11.6 Å². The molecule has 0 saturated heterocycles. The fraction of sp³-hybridized carbons (Fsp3) is 0.0667. The maximum atomic E-state index is 9.33. The molecular weight excluding hydrogens is 276 g/mol. The molecular formula is C15H11ClN2O2. The molecule has 20 heavy (non-hydrogen) atoms. The highest BCUT2D eigenvalue weighted by Gasteiger charge is 2.10. The minimum absolute atomic E-state index is 0.104. The summed E-state index contributed by atoms with van der Waals surface area (Å²) >= 11 is 5.91. The fourth-order valence-corrected chi connectivity index (χ4v) is 2.10. The lowest BCUT2D eigenvalue weighted by atomic mass is 10.2. The first kappa shape index (κ1) is 12.8. The number of benzene rings is 2. The standard InChI is InChI=1S/C15H11ClN2O2/c16-15-17-12-7-3-2-6-11(12)14(18-15)20-13-8-4-1-5-10(13)9-19/h1-8,19H,9H2. The van der Waals surface area contributed by atoms with Crippen LogP contribution in [0.25, 0.3) is 10.9 Å². The van der Waals surface area contributed by atoms with Gasteiger partial charge in [-0.15, -0.1) is 0 Å². The smallest absolute Gasteiger partial charge is 0.231 e. The molecule has 0 fully saturated rings. The minimum Gasteiger partial charge on any atom is -0.438 e. The van der Waals surface area contributed by atoms with Crippen LogP contribution < -0.4 is 4.74 Å². The molecule has 0 spiro atoms. The molecule has 0 aliphatic carbocycles. The van der Waals surface area contributed by atoms with Crippen LogP contribution in [0.2, 0.25) is 5.28 Å². The first-order chi connectivity index (χ1) is 9.78. The number of aromatic nitrogens is 2. The summed E-state index contributed by atoms with van der Waals surface area (Å²) in [4.78, 5) is 8.27. The highest BCUT2D eigenvalue weighted by molar-refractivity contribution is 6.28. The predicted molar refractivity (Wildman–Crippen MR) is 77.0 cm³/mol. The number of aliphatic hydroxyl groups excluding tert-OH is 1. The molecule has 0 aliphatic rings. The molecule has 100 valence electrons. The normalized spacial score (nSPS) is 10.7. The second-order valence-electron chi connectivity index (χ2n) is 4.18. The lowest BCUT2D eigenvalue weighted by Crippen LogP contribution is -1.96. The van der Waals surface area contributed by atoms with Gasteiger partial charge in [0.2, 0.25) is 11.2 Å². The van der Waals surface area contributed by atoms with E-state index in [4.69, 9.17) is 16.3 Å². The van der Waals surface area contributed by atoms with Crippen molar-refractivity contribution in [1.82, 2.24) is 9.97 Å². The number of para-hydroxylation sites is 2. The van der Waals surface area contributed by atoms with Gasteiger partial charge in [-0.2, -0.15) is 4.98 Å². The van der Waals surface area contributed by atoms with E-state index < -0.39 is 0 Å². The van der Waals surface area contributed by atoms with Gasteiger partial charge >= 0.3 is 0 Å². The summed E-state index contributed by atoms with van der Waals surface area (Å²) < 4.78 is 5.80. The third-order valence-electron chi connectivity index (χ3n) is 2.89. The van der Waals surface area contributed by atoms with Crippen LogP contribution in [0.1, 0.15) is 5.56 Å². The lowest BCUT2D eigenvalue weighted by Gasteiger charge is -2.10. The Balaban J connectivity index is 2.10. The average Bonchev–Trinajstić information content (AvgIpc) is 2.47. The van der Waals surface area contributed by atoms with Crippen molar-refractivity contribution >= 4 is 22.5 Å². The summed E-state index contributed by atoms with van der Waals surface area (Å²) in [6, 6.07) is 14.7. The van der Waals surface area contributed by atoms with Gasteiger partial charge in [0, 0.05) is 5.56 Å². The largest absolute Gasteiger partial charge is 0.438 e. The van der Waals surface area contributed by atoms with Crippen molar-refractivity contribution in [3.63, 3.8) is 0 Å².